The summed E-state index contributed by atoms with van der Waals surface area (Å²) in [6.07, 6.45) is 8.39. The summed E-state index contributed by atoms with van der Waals surface area (Å²) >= 11 is 0. The number of nitrogens with zero attached hydrogens (tertiary/aromatic N) is 3. The van der Waals surface area contributed by atoms with E-state index in [1.54, 1.807) is 0 Å². The van der Waals surface area contributed by atoms with Crippen molar-refractivity contribution in [3.63, 3.8) is 0 Å². The third kappa shape index (κ3) is 1.98. The molecule has 5 rings (SSSR count). The predicted molar refractivity (Wildman–Crippen MR) is 92.4 cm³/mol. The lowest BCUT2D eigenvalue weighted by atomic mass is 9.82. The number of pyridine rings is 1. The Bertz CT molecular complexity index is 892. The molecule has 4 heteroatoms. The molecule has 0 N–H and O–H groups in total. The third-order valence-electron chi connectivity index (χ3n) is 6.02. The summed E-state index contributed by atoms with van der Waals surface area (Å²) in [5.41, 5.74) is 1.52. The molecule has 2 fully saturated rings. The van der Waals surface area contributed by atoms with Crippen LogP contribution in [-0.4, -0.2) is 14.6 Å². The van der Waals surface area contributed by atoms with Crippen molar-refractivity contribution in [2.75, 3.05) is 0 Å². The molecule has 0 aliphatic heterocycles. The first-order valence-corrected chi connectivity index (χ1v) is 8.75. The maximum absolute atomic E-state index is 6.04. The van der Waals surface area contributed by atoms with Gasteiger partial charge in [0.25, 0.3) is 0 Å². The Morgan fingerprint density at radius 2 is 1.75 bits per heavy atom. The first kappa shape index (κ1) is 14.0. The molecule has 0 saturated heterocycles. The van der Waals surface area contributed by atoms with Crippen LogP contribution in [0.15, 0.2) is 48.7 Å². The van der Waals surface area contributed by atoms with E-state index < -0.39 is 0 Å². The summed E-state index contributed by atoms with van der Waals surface area (Å²) in [5.74, 6) is 2.71. The Hall–Kier alpha value is -2.36. The Morgan fingerprint density at radius 1 is 0.958 bits per heavy atom. The van der Waals surface area contributed by atoms with Crippen molar-refractivity contribution < 1.29 is 4.74 Å². The van der Waals surface area contributed by atoms with Crippen LogP contribution in [0.2, 0.25) is 0 Å². The van der Waals surface area contributed by atoms with Crippen LogP contribution in [-0.2, 0) is 5.41 Å². The van der Waals surface area contributed by atoms with Crippen LogP contribution in [0.5, 0.6) is 11.5 Å². The van der Waals surface area contributed by atoms with Crippen LogP contribution in [0.4, 0.5) is 0 Å². The number of hydrogen-bond acceptors (Lipinski definition) is 3. The number of para-hydroxylation sites is 1. The van der Waals surface area contributed by atoms with E-state index in [0.29, 0.717) is 5.41 Å². The van der Waals surface area contributed by atoms with Gasteiger partial charge in [-0.25, -0.2) is 0 Å². The Balaban J connectivity index is 1.58. The second kappa shape index (κ2) is 4.82. The highest BCUT2D eigenvalue weighted by atomic mass is 16.5. The van der Waals surface area contributed by atoms with E-state index >= 15 is 0 Å². The van der Waals surface area contributed by atoms with Crippen LogP contribution in [0.3, 0.4) is 0 Å². The molecule has 24 heavy (non-hydrogen) atoms. The number of aromatic nitrogens is 3. The van der Waals surface area contributed by atoms with Gasteiger partial charge in [-0.2, -0.15) is 0 Å². The van der Waals surface area contributed by atoms with Crippen molar-refractivity contribution in [3.05, 3.63) is 54.5 Å². The molecule has 2 saturated carbocycles. The molecule has 2 heterocycles. The van der Waals surface area contributed by atoms with Crippen molar-refractivity contribution in [2.24, 2.45) is 5.41 Å². The fraction of sp³-hybridized carbons (Fsp3) is 0.400. The van der Waals surface area contributed by atoms with Crippen molar-refractivity contribution in [2.45, 2.75) is 44.4 Å². The number of hydrogen-bond donors (Lipinski definition) is 0. The summed E-state index contributed by atoms with van der Waals surface area (Å²) < 4.78 is 8.19. The summed E-state index contributed by atoms with van der Waals surface area (Å²) in [5, 5.41) is 9.09. The maximum Gasteiger partial charge on any atom is 0.203 e. The zero-order valence-electron chi connectivity index (χ0n) is 13.9. The zero-order chi connectivity index (χ0) is 16.2. The molecular formula is C20H21N3O. The standard InChI is InChI=1S/C20H21N3O/c1-19-9-11-20(14-19,12-10-19)18-22-21-17-16(8-5-13-23(17)18)24-15-6-3-2-4-7-15/h2-8,13H,9-12,14H2,1H3. The van der Waals surface area contributed by atoms with Gasteiger partial charge in [0.2, 0.25) is 5.65 Å². The zero-order valence-corrected chi connectivity index (χ0v) is 13.9. The lowest BCUT2D eigenvalue weighted by molar-refractivity contribution is 0.325. The van der Waals surface area contributed by atoms with Crippen molar-refractivity contribution >= 4 is 5.65 Å². The third-order valence-corrected chi connectivity index (χ3v) is 6.02. The monoisotopic (exact) mass is 319 g/mol. The van der Waals surface area contributed by atoms with Gasteiger partial charge >= 0.3 is 0 Å². The minimum absolute atomic E-state index is 0.208. The molecule has 122 valence electrons. The lowest BCUT2D eigenvalue weighted by Crippen LogP contribution is -2.23. The molecule has 1 aromatic carbocycles. The van der Waals surface area contributed by atoms with E-state index in [1.807, 2.05) is 42.5 Å². The molecule has 0 amide bonds. The van der Waals surface area contributed by atoms with Crippen molar-refractivity contribution in [3.8, 4) is 11.5 Å². The molecule has 0 atom stereocenters. The van der Waals surface area contributed by atoms with Crippen LogP contribution >= 0.6 is 0 Å². The molecular weight excluding hydrogens is 298 g/mol. The Morgan fingerprint density at radius 3 is 2.46 bits per heavy atom. The average molecular weight is 319 g/mol. The highest BCUT2D eigenvalue weighted by Gasteiger charge is 2.54. The van der Waals surface area contributed by atoms with Gasteiger partial charge in [-0.05, 0) is 61.8 Å². The molecule has 3 aromatic rings. The SMILES string of the molecule is CC12CCC(c3nnc4c(Oc5ccccc5)cccn34)(CC1)C2. The van der Waals surface area contributed by atoms with E-state index in [9.17, 15) is 0 Å². The molecule has 0 radical (unpaired) electrons. The largest absolute Gasteiger partial charge is 0.453 e. The maximum atomic E-state index is 6.04. The normalized spacial score (nSPS) is 28.5. The van der Waals surface area contributed by atoms with Crippen molar-refractivity contribution in [1.29, 1.82) is 0 Å². The average Bonchev–Trinajstić information content (AvgIpc) is 3.27. The van der Waals surface area contributed by atoms with Gasteiger partial charge in [-0.3, -0.25) is 4.40 Å². The fourth-order valence-electron chi connectivity index (χ4n) is 4.75. The minimum Gasteiger partial charge on any atom is -0.453 e. The second-order valence-corrected chi connectivity index (χ2v) is 7.77. The number of fused-ring (bicyclic) bond motifs is 3. The van der Waals surface area contributed by atoms with E-state index in [-0.39, 0.29) is 5.41 Å². The highest BCUT2D eigenvalue weighted by Crippen LogP contribution is 2.61. The molecule has 0 unspecified atom stereocenters. The van der Waals surface area contributed by atoms with Gasteiger partial charge in [0.1, 0.15) is 11.6 Å². The smallest absolute Gasteiger partial charge is 0.203 e. The lowest BCUT2D eigenvalue weighted by Gasteiger charge is -2.24. The molecule has 0 spiro atoms. The summed E-state index contributed by atoms with van der Waals surface area (Å²) in [6.45, 7) is 2.43. The quantitative estimate of drug-likeness (QED) is 0.700. The van der Waals surface area contributed by atoms with Gasteiger partial charge in [-0.1, -0.05) is 25.1 Å². The van der Waals surface area contributed by atoms with Gasteiger partial charge < -0.3 is 4.74 Å². The van der Waals surface area contributed by atoms with Crippen LogP contribution in [0.1, 0.15) is 44.9 Å². The van der Waals surface area contributed by atoms with E-state index in [0.717, 1.165) is 23.0 Å². The molecule has 2 aliphatic rings. The molecule has 2 bridgehead atoms. The first-order chi connectivity index (χ1) is 11.7. The van der Waals surface area contributed by atoms with E-state index in [2.05, 4.69) is 27.7 Å². The first-order valence-electron chi connectivity index (χ1n) is 8.75. The summed E-state index contributed by atoms with van der Waals surface area (Å²) in [7, 11) is 0. The van der Waals surface area contributed by atoms with E-state index in [1.165, 1.54) is 32.1 Å². The molecule has 2 aliphatic carbocycles. The van der Waals surface area contributed by atoms with Crippen LogP contribution in [0.25, 0.3) is 5.65 Å². The van der Waals surface area contributed by atoms with Gasteiger partial charge in [0.05, 0.1) is 0 Å². The van der Waals surface area contributed by atoms with Gasteiger partial charge in [-0.15, -0.1) is 10.2 Å². The van der Waals surface area contributed by atoms with E-state index in [4.69, 9.17) is 4.74 Å². The highest BCUT2D eigenvalue weighted by molar-refractivity contribution is 5.55. The predicted octanol–water partition coefficient (Wildman–Crippen LogP) is 4.74. The fourth-order valence-corrected chi connectivity index (χ4v) is 4.75. The van der Waals surface area contributed by atoms with Crippen molar-refractivity contribution in [1.82, 2.24) is 14.6 Å². The summed E-state index contributed by atoms with van der Waals surface area (Å²) in [4.78, 5) is 0. The Kier molecular flexibility index (Phi) is 2.82. The van der Waals surface area contributed by atoms with Gasteiger partial charge in [0, 0.05) is 11.6 Å². The number of rotatable bonds is 3. The summed E-state index contributed by atoms with van der Waals surface area (Å²) in [6, 6.07) is 13.8. The topological polar surface area (TPSA) is 39.4 Å². The second-order valence-electron chi connectivity index (χ2n) is 7.77. The Labute approximate surface area is 141 Å². The molecule has 2 aromatic heterocycles. The van der Waals surface area contributed by atoms with Crippen LogP contribution in [0, 0.1) is 5.41 Å². The molecule has 4 nitrogen and oxygen atoms in total. The minimum atomic E-state index is 0.208. The van der Waals surface area contributed by atoms with Gasteiger partial charge in [0.15, 0.2) is 5.75 Å². The number of benzene rings is 1. The van der Waals surface area contributed by atoms with Crippen LogP contribution < -0.4 is 4.74 Å². The number of ether oxygens (including phenoxy) is 1.